The molecule has 3 aliphatic rings. The summed E-state index contributed by atoms with van der Waals surface area (Å²) in [5.41, 5.74) is 0.453. The van der Waals surface area contributed by atoms with Gasteiger partial charge in [-0.25, -0.2) is 4.83 Å². The number of benzene rings is 1. The lowest BCUT2D eigenvalue weighted by Crippen LogP contribution is -2.52. The zero-order valence-corrected chi connectivity index (χ0v) is 22.2. The van der Waals surface area contributed by atoms with Gasteiger partial charge in [0.05, 0.1) is 4.90 Å². The molecule has 9 heteroatoms. The summed E-state index contributed by atoms with van der Waals surface area (Å²) < 4.78 is 37.5. The number of carbonyl (C=O) groups is 2. The summed E-state index contributed by atoms with van der Waals surface area (Å²) in [7, 11) is -3.88. The Morgan fingerprint density at radius 2 is 1.71 bits per heavy atom. The molecule has 0 spiro atoms. The zero-order chi connectivity index (χ0) is 25.8. The maximum Gasteiger partial charge on any atom is 0.302 e. The van der Waals surface area contributed by atoms with E-state index in [0.29, 0.717) is 12.1 Å². The van der Waals surface area contributed by atoms with Crippen molar-refractivity contribution in [2.24, 2.45) is 33.2 Å². The van der Waals surface area contributed by atoms with Crippen molar-refractivity contribution in [3.8, 4) is 0 Å². The Bertz CT molecular complexity index is 1160. The molecule has 0 heterocycles. The standard InChI is InChI=1S/C26H36N2O6S/c1-16-7-9-19(10-8-16)35(31,32)28-27-21-12-14-25(5)20-11-13-26(25,6)23(34-18(3)30)22(20)24(21,4)15-33-17(2)29/h7-10,20,22-23,28H,11-15H2,1-6H3/b27-21+/t20-,22-,23+,24+,25+,26+/m0/s1. The van der Waals surface area contributed by atoms with Crippen molar-refractivity contribution < 1.29 is 27.5 Å². The van der Waals surface area contributed by atoms with Crippen molar-refractivity contribution in [1.29, 1.82) is 0 Å². The van der Waals surface area contributed by atoms with E-state index >= 15 is 0 Å². The number of nitrogens with zero attached hydrogens (tertiary/aromatic N) is 1. The number of nitrogens with one attached hydrogen (secondary N) is 1. The highest BCUT2D eigenvalue weighted by Crippen LogP contribution is 2.74. The predicted octanol–water partition coefficient (Wildman–Crippen LogP) is 3.98. The molecule has 192 valence electrons. The van der Waals surface area contributed by atoms with E-state index < -0.39 is 21.4 Å². The smallest absolute Gasteiger partial charge is 0.302 e. The molecule has 0 unspecified atom stereocenters. The molecule has 0 aromatic heterocycles. The molecule has 0 amide bonds. The molecular weight excluding hydrogens is 468 g/mol. The normalized spacial score (nSPS) is 37.1. The predicted molar refractivity (Wildman–Crippen MR) is 131 cm³/mol. The van der Waals surface area contributed by atoms with Crippen LogP contribution in [0.4, 0.5) is 0 Å². The van der Waals surface area contributed by atoms with Gasteiger partial charge in [-0.3, -0.25) is 9.59 Å². The molecule has 8 nitrogen and oxygen atoms in total. The average molecular weight is 505 g/mol. The van der Waals surface area contributed by atoms with Crippen LogP contribution in [0.15, 0.2) is 34.3 Å². The molecule has 4 rings (SSSR count). The number of esters is 2. The number of hydrazone groups is 1. The van der Waals surface area contributed by atoms with Crippen LogP contribution >= 0.6 is 0 Å². The lowest BCUT2D eigenvalue weighted by atomic mass is 9.62. The minimum Gasteiger partial charge on any atom is -0.465 e. The summed E-state index contributed by atoms with van der Waals surface area (Å²) in [6.45, 7) is 11.1. The highest BCUT2D eigenvalue weighted by Gasteiger charge is 2.74. The van der Waals surface area contributed by atoms with Gasteiger partial charge in [-0.2, -0.15) is 13.5 Å². The number of aryl methyl sites for hydroxylation is 1. The Kier molecular flexibility index (Phi) is 6.31. The first-order chi connectivity index (χ1) is 16.2. The molecule has 4 bridgehead atoms. The minimum absolute atomic E-state index is 0.0402. The van der Waals surface area contributed by atoms with Crippen LogP contribution in [0.25, 0.3) is 0 Å². The number of ether oxygens (including phenoxy) is 2. The van der Waals surface area contributed by atoms with E-state index in [9.17, 15) is 18.0 Å². The van der Waals surface area contributed by atoms with Gasteiger partial charge in [-0.15, -0.1) is 0 Å². The van der Waals surface area contributed by atoms with Gasteiger partial charge >= 0.3 is 11.9 Å². The first-order valence-corrected chi connectivity index (χ1v) is 13.7. The van der Waals surface area contributed by atoms with Gasteiger partial charge in [0, 0.05) is 36.3 Å². The molecular formula is C26H36N2O6S. The summed E-state index contributed by atoms with van der Waals surface area (Å²) in [6.07, 6.45) is 2.90. The largest absolute Gasteiger partial charge is 0.465 e. The Morgan fingerprint density at radius 3 is 2.31 bits per heavy atom. The van der Waals surface area contributed by atoms with Crippen LogP contribution in [-0.4, -0.2) is 38.8 Å². The minimum atomic E-state index is -3.88. The number of rotatable bonds is 6. The van der Waals surface area contributed by atoms with Crippen LogP contribution in [0.2, 0.25) is 0 Å². The topological polar surface area (TPSA) is 111 Å². The van der Waals surface area contributed by atoms with Crippen LogP contribution in [0.1, 0.15) is 65.9 Å². The molecule has 3 saturated carbocycles. The van der Waals surface area contributed by atoms with E-state index in [0.717, 1.165) is 24.8 Å². The van der Waals surface area contributed by atoms with Gasteiger partial charge in [0.1, 0.15) is 12.7 Å². The van der Waals surface area contributed by atoms with E-state index in [1.54, 1.807) is 24.3 Å². The van der Waals surface area contributed by atoms with Crippen LogP contribution in [0.3, 0.4) is 0 Å². The molecule has 3 aliphatic carbocycles. The summed E-state index contributed by atoms with van der Waals surface area (Å²) in [6, 6.07) is 6.56. The summed E-state index contributed by atoms with van der Waals surface area (Å²) in [5, 5.41) is 4.46. The van der Waals surface area contributed by atoms with Gasteiger partial charge in [0.25, 0.3) is 10.0 Å². The van der Waals surface area contributed by atoms with Gasteiger partial charge in [-0.05, 0) is 56.1 Å². The van der Waals surface area contributed by atoms with Gasteiger partial charge in [0.15, 0.2) is 0 Å². The van der Waals surface area contributed by atoms with Gasteiger partial charge < -0.3 is 9.47 Å². The van der Waals surface area contributed by atoms with Crippen LogP contribution < -0.4 is 4.83 Å². The van der Waals surface area contributed by atoms with Crippen molar-refractivity contribution in [2.75, 3.05) is 6.61 Å². The second kappa shape index (κ2) is 8.61. The molecule has 0 saturated heterocycles. The van der Waals surface area contributed by atoms with Crippen molar-refractivity contribution >= 4 is 27.7 Å². The summed E-state index contributed by atoms with van der Waals surface area (Å²) in [4.78, 5) is 26.6. The molecule has 1 aromatic carbocycles. The fourth-order valence-corrected chi connectivity index (χ4v) is 7.95. The van der Waals surface area contributed by atoms with Crippen LogP contribution in [0, 0.1) is 35.0 Å². The van der Waals surface area contributed by atoms with E-state index in [2.05, 4.69) is 23.8 Å². The van der Waals surface area contributed by atoms with Crippen LogP contribution in [-0.2, 0) is 29.1 Å². The third-order valence-electron chi connectivity index (χ3n) is 9.26. The molecule has 6 atom stereocenters. The third kappa shape index (κ3) is 4.05. The first-order valence-electron chi connectivity index (χ1n) is 12.2. The molecule has 1 aromatic rings. The molecule has 0 radical (unpaired) electrons. The molecule has 0 aliphatic heterocycles. The SMILES string of the molecule is CC(=O)OC[C@]1(C)/C(=N/NS(=O)(=O)c2ccc(C)cc2)CC[C@]2(C)[C@H]3CC[C@]2(C)[C@H](OC(C)=O)[C@H]31. The average Bonchev–Trinajstić information content (AvgIpc) is 3.07. The van der Waals surface area contributed by atoms with Gasteiger partial charge in [0.2, 0.25) is 0 Å². The second-order valence-corrected chi connectivity index (χ2v) is 12.9. The Hall–Kier alpha value is -2.42. The molecule has 1 N–H and O–H groups in total. The number of carbonyl (C=O) groups excluding carboxylic acids is 2. The van der Waals surface area contributed by atoms with Crippen molar-refractivity contribution in [1.82, 2.24) is 4.83 Å². The third-order valence-corrected chi connectivity index (χ3v) is 10.5. The lowest BCUT2D eigenvalue weighted by Gasteiger charge is -2.47. The Balaban J connectivity index is 1.77. The lowest BCUT2D eigenvalue weighted by molar-refractivity contribution is -0.164. The number of hydrogen-bond acceptors (Lipinski definition) is 7. The number of sulfonamides is 1. The monoisotopic (exact) mass is 504 g/mol. The van der Waals surface area contributed by atoms with Crippen LogP contribution in [0.5, 0.6) is 0 Å². The van der Waals surface area contributed by atoms with Crippen molar-refractivity contribution in [3.63, 3.8) is 0 Å². The maximum absolute atomic E-state index is 13.0. The zero-order valence-electron chi connectivity index (χ0n) is 21.4. The molecule has 3 fully saturated rings. The molecule has 35 heavy (non-hydrogen) atoms. The fraction of sp³-hybridized carbons (Fsp3) is 0.654. The summed E-state index contributed by atoms with van der Waals surface area (Å²) >= 11 is 0. The first kappa shape index (κ1) is 25.7. The van der Waals surface area contributed by atoms with E-state index in [1.807, 2.05) is 13.8 Å². The Morgan fingerprint density at radius 1 is 1.06 bits per heavy atom. The fourth-order valence-electron chi connectivity index (χ4n) is 7.12. The maximum atomic E-state index is 13.0. The van der Waals surface area contributed by atoms with E-state index in [1.165, 1.54) is 13.8 Å². The van der Waals surface area contributed by atoms with Gasteiger partial charge in [-0.1, -0.05) is 38.5 Å². The quantitative estimate of drug-likeness (QED) is 0.463. The van der Waals surface area contributed by atoms with E-state index in [4.69, 9.17) is 9.47 Å². The highest BCUT2D eigenvalue weighted by molar-refractivity contribution is 7.89. The van der Waals surface area contributed by atoms with E-state index in [-0.39, 0.29) is 46.2 Å². The highest BCUT2D eigenvalue weighted by atomic mass is 32.2. The second-order valence-electron chi connectivity index (χ2n) is 11.2. The Labute approximate surface area is 207 Å². The van der Waals surface area contributed by atoms with Crippen molar-refractivity contribution in [2.45, 2.75) is 78.2 Å². The summed E-state index contributed by atoms with van der Waals surface area (Å²) in [5.74, 6) is -0.681. The van der Waals surface area contributed by atoms with Crippen molar-refractivity contribution in [3.05, 3.63) is 29.8 Å². The number of hydrogen-bond donors (Lipinski definition) is 1.